The minimum Gasteiger partial charge on any atom is -0.445 e. The summed E-state index contributed by atoms with van der Waals surface area (Å²) in [6.07, 6.45) is 3.82. The summed E-state index contributed by atoms with van der Waals surface area (Å²) in [6, 6.07) is 11.8. The van der Waals surface area contributed by atoms with Crippen molar-refractivity contribution in [2.45, 2.75) is 37.8 Å². The minimum absolute atomic E-state index is 0.0231. The predicted octanol–water partition coefficient (Wildman–Crippen LogP) is 5.47. The molecule has 0 aromatic heterocycles. The molecule has 6 rings (SSSR count). The highest BCUT2D eigenvalue weighted by atomic mass is 35.5. The van der Waals surface area contributed by atoms with Gasteiger partial charge in [-0.2, -0.15) is 0 Å². The summed E-state index contributed by atoms with van der Waals surface area (Å²) in [5.41, 5.74) is 4.32. The van der Waals surface area contributed by atoms with Gasteiger partial charge < -0.3 is 10.1 Å². The lowest BCUT2D eigenvalue weighted by Gasteiger charge is -2.43. The molecule has 3 saturated heterocycles. The summed E-state index contributed by atoms with van der Waals surface area (Å²) in [5.74, 6) is 0.512. The van der Waals surface area contributed by atoms with E-state index in [0.717, 1.165) is 62.0 Å². The van der Waals surface area contributed by atoms with Crippen LogP contribution in [-0.2, 0) is 11.2 Å². The number of fused-ring (bicyclic) bond motifs is 4. The Morgan fingerprint density at radius 2 is 1.90 bits per heavy atom. The van der Waals surface area contributed by atoms with E-state index >= 15 is 0 Å². The third-order valence-corrected chi connectivity index (χ3v) is 7.17. The first-order valence-electron chi connectivity index (χ1n) is 10.3. The third kappa shape index (κ3) is 3.86. The van der Waals surface area contributed by atoms with Crippen LogP contribution in [0.1, 0.15) is 36.4 Å². The fourth-order valence-electron chi connectivity index (χ4n) is 5.00. The van der Waals surface area contributed by atoms with E-state index in [4.69, 9.17) is 27.9 Å². The minimum atomic E-state index is -0.298. The van der Waals surface area contributed by atoms with Gasteiger partial charge in [0.25, 0.3) is 0 Å². The van der Waals surface area contributed by atoms with Gasteiger partial charge in [0.1, 0.15) is 6.10 Å². The van der Waals surface area contributed by atoms with Crippen LogP contribution in [0, 0.1) is 5.92 Å². The van der Waals surface area contributed by atoms with Gasteiger partial charge in [0, 0.05) is 22.2 Å². The quantitative estimate of drug-likeness (QED) is 0.701. The molecular weight excluding hydrogens is 407 g/mol. The van der Waals surface area contributed by atoms with Gasteiger partial charge in [0.05, 0.1) is 6.04 Å². The molecule has 4 aliphatic rings. The molecule has 2 aromatic carbocycles. The molecule has 1 N–H and O–H groups in total. The molecule has 1 aliphatic carbocycles. The van der Waals surface area contributed by atoms with Gasteiger partial charge in [-0.05, 0) is 85.6 Å². The number of carbonyl (C=O) groups excluding carboxylic acids is 1. The summed E-state index contributed by atoms with van der Waals surface area (Å²) in [7, 11) is 0. The number of hydrogen-bond donors (Lipinski definition) is 1. The molecule has 3 fully saturated rings. The van der Waals surface area contributed by atoms with Gasteiger partial charge in [0.15, 0.2) is 0 Å². The number of ether oxygens (including phenoxy) is 1. The van der Waals surface area contributed by atoms with Crippen LogP contribution in [0.2, 0.25) is 10.0 Å². The van der Waals surface area contributed by atoms with Crippen molar-refractivity contribution >= 4 is 29.3 Å². The standard InChI is InChI=1S/C23H24Cl2N2O2/c24-17-4-5-20(25)18(12-17)16-2-1-14-3-6-21(19(14)11-16)26-23(28)29-22-13-27-9-7-15(22)8-10-27/h1-2,4-5,11-12,15,21-22H,3,6-10,13H2,(H,26,28)/t21?,22-/m0/s1. The van der Waals surface area contributed by atoms with Gasteiger partial charge >= 0.3 is 6.09 Å². The molecule has 152 valence electrons. The normalized spacial score (nSPS) is 27.5. The lowest BCUT2D eigenvalue weighted by Crippen LogP contribution is -2.52. The Kier molecular flexibility index (Phi) is 5.19. The number of halogens is 2. The van der Waals surface area contributed by atoms with Crippen molar-refractivity contribution in [2.24, 2.45) is 5.92 Å². The zero-order valence-corrected chi connectivity index (χ0v) is 17.7. The number of carbonyl (C=O) groups is 1. The van der Waals surface area contributed by atoms with Crippen molar-refractivity contribution in [3.8, 4) is 11.1 Å². The van der Waals surface area contributed by atoms with Gasteiger partial charge in [0.2, 0.25) is 0 Å². The zero-order chi connectivity index (χ0) is 20.0. The number of rotatable bonds is 3. The van der Waals surface area contributed by atoms with Crippen LogP contribution < -0.4 is 5.32 Å². The van der Waals surface area contributed by atoms with E-state index in [1.54, 1.807) is 6.07 Å². The second-order valence-electron chi connectivity index (χ2n) is 8.36. The van der Waals surface area contributed by atoms with Crippen LogP contribution in [-0.4, -0.2) is 36.7 Å². The maximum Gasteiger partial charge on any atom is 0.407 e. The van der Waals surface area contributed by atoms with Crippen molar-refractivity contribution < 1.29 is 9.53 Å². The van der Waals surface area contributed by atoms with Crippen molar-refractivity contribution in [1.29, 1.82) is 0 Å². The number of hydrogen-bond acceptors (Lipinski definition) is 3. The molecule has 0 saturated carbocycles. The molecular formula is C23H24Cl2N2O2. The molecule has 2 aromatic rings. The first-order valence-corrected chi connectivity index (χ1v) is 11.1. The van der Waals surface area contributed by atoms with Crippen LogP contribution in [0.25, 0.3) is 11.1 Å². The molecule has 3 heterocycles. The van der Waals surface area contributed by atoms with Crippen LogP contribution >= 0.6 is 23.2 Å². The van der Waals surface area contributed by atoms with Crippen LogP contribution in [0.3, 0.4) is 0 Å². The SMILES string of the molecule is O=C(NC1CCc2ccc(-c3cc(Cl)ccc3Cl)cc21)O[C@H]1CN2CCC1CC2. The van der Waals surface area contributed by atoms with E-state index in [2.05, 4.69) is 28.4 Å². The number of nitrogens with zero attached hydrogens (tertiary/aromatic N) is 1. The van der Waals surface area contributed by atoms with Crippen molar-refractivity contribution in [3.63, 3.8) is 0 Å². The van der Waals surface area contributed by atoms with E-state index in [0.29, 0.717) is 16.0 Å². The van der Waals surface area contributed by atoms with Crippen molar-refractivity contribution in [2.75, 3.05) is 19.6 Å². The number of aryl methyl sites for hydroxylation is 1. The molecule has 1 unspecified atom stereocenters. The summed E-state index contributed by atoms with van der Waals surface area (Å²) in [4.78, 5) is 15.0. The highest BCUT2D eigenvalue weighted by Gasteiger charge is 2.37. The predicted molar refractivity (Wildman–Crippen MR) is 116 cm³/mol. The maximum absolute atomic E-state index is 12.6. The van der Waals surface area contributed by atoms with Gasteiger partial charge in [-0.25, -0.2) is 4.79 Å². The highest BCUT2D eigenvalue weighted by Crippen LogP contribution is 2.37. The highest BCUT2D eigenvalue weighted by molar-refractivity contribution is 6.35. The lowest BCUT2D eigenvalue weighted by molar-refractivity contribution is -0.0339. The second-order valence-corrected chi connectivity index (χ2v) is 9.20. The largest absolute Gasteiger partial charge is 0.445 e. The van der Waals surface area contributed by atoms with Crippen molar-refractivity contribution in [1.82, 2.24) is 10.2 Å². The maximum atomic E-state index is 12.6. The molecule has 1 amide bonds. The van der Waals surface area contributed by atoms with E-state index in [9.17, 15) is 4.79 Å². The molecule has 4 nitrogen and oxygen atoms in total. The zero-order valence-electron chi connectivity index (χ0n) is 16.2. The van der Waals surface area contributed by atoms with Gasteiger partial charge in [-0.15, -0.1) is 0 Å². The average molecular weight is 431 g/mol. The first-order chi connectivity index (χ1) is 14.1. The van der Waals surface area contributed by atoms with Crippen molar-refractivity contribution in [3.05, 3.63) is 57.6 Å². The van der Waals surface area contributed by atoms with E-state index in [-0.39, 0.29) is 18.2 Å². The molecule has 0 spiro atoms. The van der Waals surface area contributed by atoms with Crippen LogP contribution in [0.5, 0.6) is 0 Å². The molecule has 29 heavy (non-hydrogen) atoms. The number of piperidine rings is 3. The molecule has 2 bridgehead atoms. The summed E-state index contributed by atoms with van der Waals surface area (Å²) in [6.45, 7) is 3.14. The summed E-state index contributed by atoms with van der Waals surface area (Å²) < 4.78 is 5.82. The number of alkyl carbamates (subject to hydrolysis) is 1. The second kappa shape index (κ2) is 7.82. The fraction of sp³-hybridized carbons (Fsp3) is 0.435. The Morgan fingerprint density at radius 3 is 2.66 bits per heavy atom. The molecule has 3 aliphatic heterocycles. The average Bonchev–Trinajstić information content (AvgIpc) is 3.12. The van der Waals surface area contributed by atoms with Gasteiger partial charge in [-0.3, -0.25) is 4.90 Å². The lowest BCUT2D eigenvalue weighted by atomic mass is 9.86. The number of benzene rings is 2. The summed E-state index contributed by atoms with van der Waals surface area (Å²) >= 11 is 12.6. The Bertz CT molecular complexity index is 940. The Morgan fingerprint density at radius 1 is 1.07 bits per heavy atom. The first kappa shape index (κ1) is 19.2. The van der Waals surface area contributed by atoms with Gasteiger partial charge in [-0.1, -0.05) is 35.3 Å². The Balaban J connectivity index is 1.31. The van der Waals surface area contributed by atoms with Crippen LogP contribution in [0.4, 0.5) is 4.79 Å². The fourth-order valence-corrected chi connectivity index (χ4v) is 5.40. The molecule has 0 radical (unpaired) electrons. The Hall–Kier alpha value is -1.75. The van der Waals surface area contributed by atoms with E-state index < -0.39 is 0 Å². The Labute approximate surface area is 181 Å². The molecule has 6 heteroatoms. The topological polar surface area (TPSA) is 41.6 Å². The molecule has 2 atom stereocenters. The smallest absolute Gasteiger partial charge is 0.407 e. The number of amides is 1. The summed E-state index contributed by atoms with van der Waals surface area (Å²) in [5, 5.41) is 4.43. The third-order valence-electron chi connectivity index (χ3n) is 6.61. The van der Waals surface area contributed by atoms with Crippen LogP contribution in [0.15, 0.2) is 36.4 Å². The van der Waals surface area contributed by atoms with E-state index in [1.807, 2.05) is 12.1 Å². The number of nitrogens with one attached hydrogen (secondary N) is 1. The monoisotopic (exact) mass is 430 g/mol. The van der Waals surface area contributed by atoms with E-state index in [1.165, 1.54) is 5.56 Å².